The van der Waals surface area contributed by atoms with Gasteiger partial charge in [-0.15, -0.1) is 0 Å². The summed E-state index contributed by atoms with van der Waals surface area (Å²) in [5.41, 5.74) is 0.627. The summed E-state index contributed by atoms with van der Waals surface area (Å²) in [5.74, 6) is 0. The molecule has 0 heterocycles. The minimum atomic E-state index is -3.50. The fraction of sp³-hybridized carbons (Fsp3) is 0.571. The minimum Gasteiger partial charge on any atom is -0.392 e. The standard InChI is InChI=1S/C14H21NO3S/c1-13(2)12(14(13,3)4)15-19(17,18)11-7-5-10(9-16)6-8-11/h5-8,12,15-16H,9H2,1-4H3. The SMILES string of the molecule is CC1(C)C(NS(=O)(=O)c2ccc(CO)cc2)C1(C)C. The molecule has 1 fully saturated rings. The van der Waals surface area contributed by atoms with Crippen molar-refractivity contribution in [2.24, 2.45) is 10.8 Å². The van der Waals surface area contributed by atoms with Crippen LogP contribution >= 0.6 is 0 Å². The highest BCUT2D eigenvalue weighted by Crippen LogP contribution is 2.62. The summed E-state index contributed by atoms with van der Waals surface area (Å²) in [7, 11) is -3.50. The Morgan fingerprint density at radius 2 is 1.58 bits per heavy atom. The topological polar surface area (TPSA) is 66.4 Å². The van der Waals surface area contributed by atoms with Crippen LogP contribution in [0.2, 0.25) is 0 Å². The Labute approximate surface area is 114 Å². The molecule has 0 saturated heterocycles. The van der Waals surface area contributed by atoms with Crippen molar-refractivity contribution >= 4 is 10.0 Å². The van der Waals surface area contributed by atoms with E-state index in [1.807, 2.05) is 0 Å². The number of rotatable bonds is 4. The van der Waals surface area contributed by atoms with Crippen molar-refractivity contribution in [2.45, 2.75) is 45.2 Å². The molecule has 0 aromatic heterocycles. The molecule has 0 radical (unpaired) electrons. The van der Waals surface area contributed by atoms with Gasteiger partial charge in [0.25, 0.3) is 0 Å². The summed E-state index contributed by atoms with van der Waals surface area (Å²) in [6.07, 6.45) is 0. The molecule has 1 aromatic carbocycles. The molecule has 0 spiro atoms. The van der Waals surface area contributed by atoms with Crippen LogP contribution in [0.1, 0.15) is 33.3 Å². The Morgan fingerprint density at radius 1 is 1.11 bits per heavy atom. The third-order valence-electron chi connectivity index (χ3n) is 4.71. The summed E-state index contributed by atoms with van der Waals surface area (Å²) >= 11 is 0. The van der Waals surface area contributed by atoms with Gasteiger partial charge in [0.05, 0.1) is 11.5 Å². The van der Waals surface area contributed by atoms with E-state index in [2.05, 4.69) is 32.4 Å². The summed E-state index contributed by atoms with van der Waals surface area (Å²) in [6, 6.07) is 6.24. The predicted octanol–water partition coefficient (Wildman–Crippen LogP) is 1.89. The molecule has 5 heteroatoms. The van der Waals surface area contributed by atoms with E-state index in [9.17, 15) is 8.42 Å². The zero-order valence-electron chi connectivity index (χ0n) is 11.8. The van der Waals surface area contributed by atoms with Crippen LogP contribution in [0.5, 0.6) is 0 Å². The van der Waals surface area contributed by atoms with Crippen molar-refractivity contribution in [2.75, 3.05) is 0 Å². The van der Waals surface area contributed by atoms with E-state index in [1.54, 1.807) is 12.1 Å². The molecule has 0 aliphatic heterocycles. The minimum absolute atomic E-state index is 0.0366. The smallest absolute Gasteiger partial charge is 0.240 e. The van der Waals surface area contributed by atoms with Gasteiger partial charge in [0, 0.05) is 6.04 Å². The molecule has 0 unspecified atom stereocenters. The molecule has 106 valence electrons. The first-order valence-corrected chi connectivity index (χ1v) is 7.83. The molecule has 1 saturated carbocycles. The molecule has 0 amide bonds. The van der Waals surface area contributed by atoms with Gasteiger partial charge in [0.2, 0.25) is 10.0 Å². The highest BCUT2D eigenvalue weighted by atomic mass is 32.2. The summed E-state index contributed by atoms with van der Waals surface area (Å²) in [5, 5.41) is 8.96. The molecule has 1 aliphatic carbocycles. The maximum Gasteiger partial charge on any atom is 0.240 e. The lowest BCUT2D eigenvalue weighted by molar-refractivity contribution is 0.282. The maximum atomic E-state index is 12.3. The van der Waals surface area contributed by atoms with Gasteiger partial charge in [0.1, 0.15) is 0 Å². The van der Waals surface area contributed by atoms with Crippen molar-refractivity contribution in [3.05, 3.63) is 29.8 Å². The fourth-order valence-electron chi connectivity index (χ4n) is 2.49. The van der Waals surface area contributed by atoms with Gasteiger partial charge in [-0.2, -0.15) is 0 Å². The van der Waals surface area contributed by atoms with Crippen LogP contribution < -0.4 is 4.72 Å². The van der Waals surface area contributed by atoms with Crippen LogP contribution in [0.25, 0.3) is 0 Å². The number of sulfonamides is 1. The predicted molar refractivity (Wildman–Crippen MR) is 74.0 cm³/mol. The number of hydrogen-bond donors (Lipinski definition) is 2. The highest BCUT2D eigenvalue weighted by molar-refractivity contribution is 7.89. The number of benzene rings is 1. The molecule has 4 nitrogen and oxygen atoms in total. The van der Waals surface area contributed by atoms with Crippen molar-refractivity contribution in [3.8, 4) is 0 Å². The third kappa shape index (κ3) is 2.30. The van der Waals surface area contributed by atoms with E-state index in [1.165, 1.54) is 12.1 Å². The molecule has 0 atom stereocenters. The van der Waals surface area contributed by atoms with Gasteiger partial charge in [0.15, 0.2) is 0 Å². The van der Waals surface area contributed by atoms with Gasteiger partial charge in [-0.05, 0) is 28.5 Å². The molecule has 2 N–H and O–H groups in total. The highest BCUT2D eigenvalue weighted by Gasteiger charge is 2.65. The number of hydrogen-bond acceptors (Lipinski definition) is 3. The molecule has 2 rings (SSSR count). The average Bonchev–Trinajstić information content (AvgIpc) is 2.71. The van der Waals surface area contributed by atoms with Crippen LogP contribution in [0.15, 0.2) is 29.2 Å². The second-order valence-electron chi connectivity index (χ2n) is 6.30. The van der Waals surface area contributed by atoms with E-state index in [0.29, 0.717) is 5.56 Å². The normalized spacial score (nSPS) is 21.3. The Balaban J connectivity index is 2.20. The lowest BCUT2D eigenvalue weighted by Gasteiger charge is -2.08. The quantitative estimate of drug-likeness (QED) is 0.887. The van der Waals surface area contributed by atoms with Crippen LogP contribution in [0, 0.1) is 10.8 Å². The van der Waals surface area contributed by atoms with Gasteiger partial charge < -0.3 is 5.11 Å². The molecule has 19 heavy (non-hydrogen) atoms. The maximum absolute atomic E-state index is 12.3. The van der Waals surface area contributed by atoms with E-state index in [4.69, 9.17) is 5.11 Å². The van der Waals surface area contributed by atoms with Crippen molar-refractivity contribution in [3.63, 3.8) is 0 Å². The summed E-state index contributed by atoms with van der Waals surface area (Å²) in [6.45, 7) is 8.17. The number of nitrogens with one attached hydrogen (secondary N) is 1. The fourth-order valence-corrected chi connectivity index (χ4v) is 4.02. The average molecular weight is 283 g/mol. The molecule has 0 bridgehead atoms. The summed E-state index contributed by atoms with van der Waals surface area (Å²) < 4.78 is 27.3. The zero-order valence-corrected chi connectivity index (χ0v) is 12.6. The van der Waals surface area contributed by atoms with Gasteiger partial charge in [-0.3, -0.25) is 0 Å². The number of aliphatic hydroxyl groups excluding tert-OH is 1. The Bertz CT molecular complexity index is 559. The van der Waals surface area contributed by atoms with Crippen LogP contribution in [-0.4, -0.2) is 19.6 Å². The molecular weight excluding hydrogens is 262 g/mol. The zero-order chi connectivity index (χ0) is 14.5. The van der Waals surface area contributed by atoms with Crippen molar-refractivity contribution in [1.29, 1.82) is 0 Å². The van der Waals surface area contributed by atoms with Crippen LogP contribution in [-0.2, 0) is 16.6 Å². The first-order valence-electron chi connectivity index (χ1n) is 6.35. The monoisotopic (exact) mass is 283 g/mol. The third-order valence-corrected chi connectivity index (χ3v) is 6.15. The Morgan fingerprint density at radius 3 is 1.95 bits per heavy atom. The first-order chi connectivity index (χ1) is 8.63. The second kappa shape index (κ2) is 4.30. The van der Waals surface area contributed by atoms with Crippen molar-refractivity contribution < 1.29 is 13.5 Å². The van der Waals surface area contributed by atoms with Gasteiger partial charge in [-0.1, -0.05) is 39.8 Å². The molecular formula is C14H21NO3S. The number of aliphatic hydroxyl groups is 1. The van der Waals surface area contributed by atoms with Crippen molar-refractivity contribution in [1.82, 2.24) is 4.72 Å². The lowest BCUT2D eigenvalue weighted by Crippen LogP contribution is -2.29. The Kier molecular flexibility index (Phi) is 3.28. The van der Waals surface area contributed by atoms with Gasteiger partial charge >= 0.3 is 0 Å². The lowest BCUT2D eigenvalue weighted by atomic mass is 10.0. The largest absolute Gasteiger partial charge is 0.392 e. The van der Waals surface area contributed by atoms with Gasteiger partial charge in [-0.25, -0.2) is 13.1 Å². The summed E-state index contributed by atoms with van der Waals surface area (Å²) in [4.78, 5) is 0.239. The first kappa shape index (κ1) is 14.5. The van der Waals surface area contributed by atoms with Crippen LogP contribution in [0.4, 0.5) is 0 Å². The van der Waals surface area contributed by atoms with Crippen LogP contribution in [0.3, 0.4) is 0 Å². The van der Waals surface area contributed by atoms with E-state index in [0.717, 1.165) is 0 Å². The second-order valence-corrected chi connectivity index (χ2v) is 8.01. The van der Waals surface area contributed by atoms with E-state index >= 15 is 0 Å². The molecule has 1 aromatic rings. The molecule has 1 aliphatic rings. The Hall–Kier alpha value is -0.910. The van der Waals surface area contributed by atoms with E-state index in [-0.39, 0.29) is 28.4 Å². The van der Waals surface area contributed by atoms with E-state index < -0.39 is 10.0 Å².